The quantitative estimate of drug-likeness (QED) is 0.281. The summed E-state index contributed by atoms with van der Waals surface area (Å²) in [7, 11) is 0. The van der Waals surface area contributed by atoms with Crippen LogP contribution >= 0.6 is 0 Å². The topological polar surface area (TPSA) is 0 Å². The molecule has 0 rings (SSSR count). The number of hydrogen-bond acceptors (Lipinski definition) is 0. The Hall–Kier alpha value is 1.04. The first-order chi connectivity index (χ1) is 8.91. The molecule has 0 fully saturated rings. The van der Waals surface area contributed by atoms with Crippen molar-refractivity contribution in [3.8, 4) is 0 Å². The van der Waals surface area contributed by atoms with Crippen molar-refractivity contribution in [2.75, 3.05) is 0 Å². The maximum atomic E-state index is 2.50. The molecule has 0 nitrogen and oxygen atoms in total. The third-order valence-corrected chi connectivity index (χ3v) is 3.46. The van der Waals surface area contributed by atoms with Gasteiger partial charge in [-0.1, -0.05) is 104 Å². The minimum absolute atomic E-state index is 1.37. The Morgan fingerprint density at radius 1 is 0.389 bits per heavy atom. The fourth-order valence-corrected chi connectivity index (χ4v) is 2.27. The van der Waals surface area contributed by atoms with Crippen LogP contribution in [-0.2, 0) is 0 Å². The Kier molecular flexibility index (Phi) is 27.5. The summed E-state index contributed by atoms with van der Waals surface area (Å²) in [6.07, 6.45) is 20.4. The summed E-state index contributed by atoms with van der Waals surface area (Å²) >= 11 is 5.00. The molecule has 0 aliphatic rings. The average molecular weight is 384 g/mol. The van der Waals surface area contributed by atoms with Crippen LogP contribution in [0.2, 0.25) is 0 Å². The molecule has 0 heterocycles. The molecule has 0 radical (unpaired) electrons. The zero-order valence-electron chi connectivity index (χ0n) is 12.7. The summed E-state index contributed by atoms with van der Waals surface area (Å²) < 4.78 is 0. The molecular weight excluding hydrogens is 350 g/mol. The number of hydrogen-bond donors (Lipinski definition) is 0. The van der Waals surface area contributed by atoms with Crippen LogP contribution in [0.3, 0.4) is 0 Å². The second-order valence-electron chi connectivity index (χ2n) is 5.24. The predicted octanol–water partition coefficient (Wildman–Crippen LogP) is 5.73. The molecule has 0 aliphatic carbocycles. The third-order valence-electron chi connectivity index (χ3n) is 3.46. The fourth-order valence-electron chi connectivity index (χ4n) is 2.27. The Morgan fingerprint density at radius 2 is 0.556 bits per heavy atom. The molecule has 0 unspecified atom stereocenters. The van der Waals surface area contributed by atoms with Gasteiger partial charge < -0.3 is 0 Å². The SMILES string of the molecule is CCCCCCCCCCCCCCCC.[Se]=[Se]. The second kappa shape index (κ2) is 23.2. The molecule has 0 atom stereocenters. The van der Waals surface area contributed by atoms with Crippen LogP contribution in [0, 0.1) is 0 Å². The van der Waals surface area contributed by atoms with Gasteiger partial charge >= 0.3 is 27.3 Å². The van der Waals surface area contributed by atoms with Gasteiger partial charge in [0.15, 0.2) is 0 Å². The molecule has 2 heteroatoms. The van der Waals surface area contributed by atoms with E-state index in [0.29, 0.717) is 0 Å². The maximum absolute atomic E-state index is 2.50. The molecule has 0 saturated heterocycles. The first-order valence-corrected chi connectivity index (χ1v) is 12.4. The van der Waals surface area contributed by atoms with Crippen molar-refractivity contribution in [2.45, 2.75) is 104 Å². The number of rotatable bonds is 13. The van der Waals surface area contributed by atoms with Gasteiger partial charge in [-0.25, -0.2) is 0 Å². The molecular formula is C16H34Se2. The monoisotopic (exact) mass is 386 g/mol. The van der Waals surface area contributed by atoms with Crippen LogP contribution < -0.4 is 0 Å². The molecule has 0 spiro atoms. The van der Waals surface area contributed by atoms with Gasteiger partial charge in [0.2, 0.25) is 0 Å². The molecule has 0 aromatic heterocycles. The van der Waals surface area contributed by atoms with E-state index in [1.54, 1.807) is 0 Å². The van der Waals surface area contributed by atoms with Gasteiger partial charge in [-0.2, -0.15) is 0 Å². The van der Waals surface area contributed by atoms with E-state index in [-0.39, 0.29) is 0 Å². The molecule has 0 saturated carbocycles. The summed E-state index contributed by atoms with van der Waals surface area (Å²) in [5.74, 6) is 0. The minimum atomic E-state index is 1.37. The molecule has 0 aromatic rings. The van der Waals surface area contributed by atoms with E-state index in [9.17, 15) is 0 Å². The standard InChI is InChI=1S/C16H34.Se2/c1-3-5-7-9-11-13-15-16-14-12-10-8-6-4-2;1-2/h3-16H2,1-2H3;. The number of unbranched alkanes of at least 4 members (excludes halogenated alkanes) is 13. The van der Waals surface area contributed by atoms with Crippen LogP contribution in [0.4, 0.5) is 0 Å². The van der Waals surface area contributed by atoms with E-state index >= 15 is 0 Å². The summed E-state index contributed by atoms with van der Waals surface area (Å²) in [5, 5.41) is 0. The zero-order valence-corrected chi connectivity index (χ0v) is 16.1. The zero-order chi connectivity index (χ0) is 13.9. The molecule has 0 amide bonds. The van der Waals surface area contributed by atoms with Crippen molar-refractivity contribution in [3.05, 3.63) is 0 Å². The van der Waals surface area contributed by atoms with E-state index in [4.69, 9.17) is 0 Å². The summed E-state index contributed by atoms with van der Waals surface area (Å²) in [4.78, 5) is 0. The van der Waals surface area contributed by atoms with Gasteiger partial charge in [-0.15, -0.1) is 0 Å². The van der Waals surface area contributed by atoms with Crippen molar-refractivity contribution < 1.29 is 0 Å². The van der Waals surface area contributed by atoms with Crippen molar-refractivity contribution in [1.29, 1.82) is 0 Å². The summed E-state index contributed by atoms with van der Waals surface area (Å²) in [5.41, 5.74) is 0. The Bertz CT molecular complexity index is 112. The fraction of sp³-hybridized carbons (Fsp3) is 1.00. The van der Waals surface area contributed by atoms with Gasteiger partial charge in [0.25, 0.3) is 0 Å². The van der Waals surface area contributed by atoms with Crippen molar-refractivity contribution >= 4 is 27.3 Å². The van der Waals surface area contributed by atoms with E-state index < -0.39 is 0 Å². The molecule has 0 aliphatic heterocycles. The third kappa shape index (κ3) is 22.2. The van der Waals surface area contributed by atoms with Crippen molar-refractivity contribution in [2.24, 2.45) is 0 Å². The van der Waals surface area contributed by atoms with Crippen LogP contribution in [-0.4, -0.2) is 27.3 Å². The molecule has 0 aromatic carbocycles. The van der Waals surface area contributed by atoms with E-state index in [1.807, 2.05) is 0 Å². The summed E-state index contributed by atoms with van der Waals surface area (Å²) in [6.45, 7) is 4.58. The average Bonchev–Trinajstić information content (AvgIpc) is 2.42. The molecule has 0 N–H and O–H groups in total. The van der Waals surface area contributed by atoms with Crippen LogP contribution in [0.25, 0.3) is 0 Å². The van der Waals surface area contributed by atoms with Gasteiger partial charge in [-0.05, 0) is 0 Å². The van der Waals surface area contributed by atoms with Crippen molar-refractivity contribution in [3.63, 3.8) is 0 Å². The van der Waals surface area contributed by atoms with Gasteiger partial charge in [-0.3, -0.25) is 0 Å². The van der Waals surface area contributed by atoms with Crippen LogP contribution in [0.1, 0.15) is 104 Å². The Morgan fingerprint density at radius 3 is 0.722 bits per heavy atom. The normalized spacial score (nSPS) is 9.89. The van der Waals surface area contributed by atoms with Crippen LogP contribution in [0.5, 0.6) is 0 Å². The molecule has 110 valence electrons. The second-order valence-corrected chi connectivity index (χ2v) is 5.24. The van der Waals surface area contributed by atoms with E-state index in [0.717, 1.165) is 0 Å². The van der Waals surface area contributed by atoms with Crippen LogP contribution in [0.15, 0.2) is 0 Å². The van der Waals surface area contributed by atoms with Crippen molar-refractivity contribution in [1.82, 2.24) is 0 Å². The molecule has 0 bridgehead atoms. The first-order valence-electron chi connectivity index (χ1n) is 8.08. The summed E-state index contributed by atoms with van der Waals surface area (Å²) in [6, 6.07) is 0. The van der Waals surface area contributed by atoms with E-state index in [2.05, 4.69) is 41.2 Å². The molecule has 18 heavy (non-hydrogen) atoms. The van der Waals surface area contributed by atoms with Gasteiger partial charge in [0.05, 0.1) is 0 Å². The Labute approximate surface area is 131 Å². The van der Waals surface area contributed by atoms with Gasteiger partial charge in [0.1, 0.15) is 0 Å². The predicted molar refractivity (Wildman–Crippen MR) is 87.5 cm³/mol. The van der Waals surface area contributed by atoms with Gasteiger partial charge in [0, 0.05) is 0 Å². The van der Waals surface area contributed by atoms with E-state index in [1.165, 1.54) is 89.9 Å². The first kappa shape index (κ1) is 21.3. The Balaban J connectivity index is 0.